The highest BCUT2D eigenvalue weighted by molar-refractivity contribution is 7.89. The summed E-state index contributed by atoms with van der Waals surface area (Å²) in [4.78, 5) is 27.5. The van der Waals surface area contributed by atoms with E-state index in [1.54, 1.807) is 19.1 Å². The minimum atomic E-state index is -3.83. The topological polar surface area (TPSA) is 86.8 Å². The van der Waals surface area contributed by atoms with E-state index in [1.807, 2.05) is 51.1 Å². The SMILES string of the molecule is Cc1ccc(S(=O)(=O)N(C)CC(=O)N(CCc2ccccc2)C(C)C(=O)NCC(C)C)cc1. The zero-order valence-corrected chi connectivity index (χ0v) is 20.9. The maximum Gasteiger partial charge on any atom is 0.243 e. The van der Waals surface area contributed by atoms with E-state index in [0.717, 1.165) is 15.4 Å². The van der Waals surface area contributed by atoms with E-state index in [0.29, 0.717) is 19.5 Å². The fraction of sp³-hybridized carbons (Fsp3) is 0.440. The summed E-state index contributed by atoms with van der Waals surface area (Å²) in [5.74, 6) is -0.397. The number of likely N-dealkylation sites (N-methyl/N-ethyl adjacent to an activating group) is 1. The van der Waals surface area contributed by atoms with Crippen LogP contribution < -0.4 is 5.32 Å². The number of carbonyl (C=O) groups is 2. The molecule has 0 fully saturated rings. The molecule has 0 radical (unpaired) electrons. The summed E-state index contributed by atoms with van der Waals surface area (Å²) in [6.07, 6.45) is 0.558. The molecule has 180 valence electrons. The third-order valence-corrected chi connectivity index (χ3v) is 7.24. The van der Waals surface area contributed by atoms with Gasteiger partial charge in [0, 0.05) is 20.1 Å². The average Bonchev–Trinajstić information content (AvgIpc) is 2.78. The Morgan fingerprint density at radius 2 is 1.58 bits per heavy atom. The Balaban J connectivity index is 2.18. The van der Waals surface area contributed by atoms with Gasteiger partial charge < -0.3 is 10.2 Å². The lowest BCUT2D eigenvalue weighted by Crippen LogP contribution is -2.52. The third-order valence-electron chi connectivity index (χ3n) is 5.42. The van der Waals surface area contributed by atoms with Crippen LogP contribution in [0.4, 0.5) is 0 Å². The summed E-state index contributed by atoms with van der Waals surface area (Å²) >= 11 is 0. The standard InChI is InChI=1S/C25H35N3O4S/c1-19(2)17-26-25(30)21(4)28(16-15-22-9-7-6-8-10-22)24(29)18-27(5)33(31,32)23-13-11-20(3)12-14-23/h6-14,19,21H,15-18H2,1-5H3,(H,26,30). The molecule has 0 heterocycles. The number of aryl methyl sites for hydroxylation is 1. The van der Waals surface area contributed by atoms with Crippen molar-refractivity contribution in [2.45, 2.75) is 45.1 Å². The fourth-order valence-corrected chi connectivity index (χ4v) is 4.40. The van der Waals surface area contributed by atoms with Crippen molar-refractivity contribution in [1.82, 2.24) is 14.5 Å². The molecule has 7 nitrogen and oxygen atoms in total. The van der Waals surface area contributed by atoms with E-state index in [1.165, 1.54) is 24.1 Å². The van der Waals surface area contributed by atoms with Crippen molar-refractivity contribution in [3.63, 3.8) is 0 Å². The molecule has 1 N–H and O–H groups in total. The Morgan fingerprint density at radius 1 is 0.970 bits per heavy atom. The molecule has 8 heteroatoms. The minimum absolute atomic E-state index is 0.127. The Kier molecular flexibility index (Phi) is 9.61. The normalized spacial score (nSPS) is 12.6. The summed E-state index contributed by atoms with van der Waals surface area (Å²) in [7, 11) is -2.45. The Morgan fingerprint density at radius 3 is 2.15 bits per heavy atom. The number of carbonyl (C=O) groups excluding carboxylic acids is 2. The highest BCUT2D eigenvalue weighted by Crippen LogP contribution is 2.16. The summed E-state index contributed by atoms with van der Waals surface area (Å²) < 4.78 is 26.9. The van der Waals surface area contributed by atoms with Crippen LogP contribution >= 0.6 is 0 Å². The second-order valence-electron chi connectivity index (χ2n) is 8.71. The first kappa shape index (κ1) is 26.5. The van der Waals surface area contributed by atoms with Gasteiger partial charge in [0.1, 0.15) is 6.04 Å². The number of nitrogens with zero attached hydrogens (tertiary/aromatic N) is 2. The largest absolute Gasteiger partial charge is 0.354 e. The van der Waals surface area contributed by atoms with E-state index in [4.69, 9.17) is 0 Å². The zero-order chi connectivity index (χ0) is 24.6. The molecule has 2 rings (SSSR count). The van der Waals surface area contributed by atoms with Crippen molar-refractivity contribution >= 4 is 21.8 Å². The van der Waals surface area contributed by atoms with Gasteiger partial charge in [-0.2, -0.15) is 4.31 Å². The van der Waals surface area contributed by atoms with Gasteiger partial charge in [0.2, 0.25) is 21.8 Å². The minimum Gasteiger partial charge on any atom is -0.354 e. The summed E-state index contributed by atoms with van der Waals surface area (Å²) in [5, 5.41) is 2.87. The first-order valence-corrected chi connectivity index (χ1v) is 12.6. The lowest BCUT2D eigenvalue weighted by Gasteiger charge is -2.30. The number of nitrogens with one attached hydrogen (secondary N) is 1. The molecule has 2 aromatic rings. The van der Waals surface area contributed by atoms with Gasteiger partial charge in [-0.05, 0) is 43.9 Å². The second-order valence-corrected chi connectivity index (χ2v) is 10.8. The molecular formula is C25H35N3O4S. The molecule has 33 heavy (non-hydrogen) atoms. The monoisotopic (exact) mass is 473 g/mol. The lowest BCUT2D eigenvalue weighted by atomic mass is 10.1. The van der Waals surface area contributed by atoms with Gasteiger partial charge in [-0.3, -0.25) is 9.59 Å². The Hall–Kier alpha value is -2.71. The maximum absolute atomic E-state index is 13.2. The predicted octanol–water partition coefficient (Wildman–Crippen LogP) is 2.85. The number of rotatable bonds is 11. The molecule has 0 aliphatic rings. The molecule has 0 spiro atoms. The van der Waals surface area contributed by atoms with Crippen LogP contribution in [-0.2, 0) is 26.0 Å². The number of benzene rings is 2. The van der Waals surface area contributed by atoms with E-state index >= 15 is 0 Å². The second kappa shape index (κ2) is 12.0. The van der Waals surface area contributed by atoms with Crippen LogP contribution in [0.5, 0.6) is 0 Å². The van der Waals surface area contributed by atoms with Crippen LogP contribution in [0, 0.1) is 12.8 Å². The van der Waals surface area contributed by atoms with Gasteiger partial charge in [0.05, 0.1) is 11.4 Å². The first-order valence-electron chi connectivity index (χ1n) is 11.2. The van der Waals surface area contributed by atoms with Crippen molar-refractivity contribution in [1.29, 1.82) is 0 Å². The van der Waals surface area contributed by atoms with Gasteiger partial charge in [-0.1, -0.05) is 61.9 Å². The van der Waals surface area contributed by atoms with E-state index in [2.05, 4.69) is 5.32 Å². The van der Waals surface area contributed by atoms with Crippen LogP contribution in [0.2, 0.25) is 0 Å². The summed E-state index contributed by atoms with van der Waals surface area (Å²) in [6.45, 7) is 7.99. The van der Waals surface area contributed by atoms with Crippen LogP contribution in [0.25, 0.3) is 0 Å². The van der Waals surface area contributed by atoms with Crippen molar-refractivity contribution < 1.29 is 18.0 Å². The molecule has 0 saturated carbocycles. The van der Waals surface area contributed by atoms with Gasteiger partial charge in [-0.15, -0.1) is 0 Å². The van der Waals surface area contributed by atoms with Crippen molar-refractivity contribution in [3.05, 3.63) is 65.7 Å². The fourth-order valence-electron chi connectivity index (χ4n) is 3.28. The molecule has 0 aromatic heterocycles. The van der Waals surface area contributed by atoms with Crippen LogP contribution in [0.3, 0.4) is 0 Å². The zero-order valence-electron chi connectivity index (χ0n) is 20.1. The van der Waals surface area contributed by atoms with Crippen molar-refractivity contribution in [3.8, 4) is 0 Å². The Bertz CT molecular complexity index is 1020. The highest BCUT2D eigenvalue weighted by Gasteiger charge is 2.30. The molecule has 0 aliphatic heterocycles. The van der Waals surface area contributed by atoms with Crippen LogP contribution in [-0.4, -0.2) is 62.2 Å². The van der Waals surface area contributed by atoms with E-state index < -0.39 is 22.0 Å². The molecule has 1 atom stereocenters. The summed E-state index contributed by atoms with van der Waals surface area (Å²) in [6, 6.07) is 15.4. The maximum atomic E-state index is 13.2. The van der Waals surface area contributed by atoms with Gasteiger partial charge >= 0.3 is 0 Å². The molecule has 0 aliphatic carbocycles. The Labute approximate surface area is 197 Å². The molecule has 0 bridgehead atoms. The molecule has 1 unspecified atom stereocenters. The quantitative estimate of drug-likeness (QED) is 0.544. The number of amides is 2. The predicted molar refractivity (Wildman–Crippen MR) is 130 cm³/mol. The third kappa shape index (κ3) is 7.68. The number of hydrogen-bond acceptors (Lipinski definition) is 4. The van der Waals surface area contributed by atoms with Crippen molar-refractivity contribution in [2.24, 2.45) is 5.92 Å². The molecule has 0 saturated heterocycles. The molecule has 2 amide bonds. The summed E-state index contributed by atoms with van der Waals surface area (Å²) in [5.41, 5.74) is 1.98. The van der Waals surface area contributed by atoms with Gasteiger partial charge in [-0.25, -0.2) is 8.42 Å². The van der Waals surface area contributed by atoms with Crippen LogP contribution in [0.15, 0.2) is 59.5 Å². The number of hydrogen-bond donors (Lipinski definition) is 1. The molecular weight excluding hydrogens is 438 g/mol. The van der Waals surface area contributed by atoms with Gasteiger partial charge in [0.25, 0.3) is 0 Å². The van der Waals surface area contributed by atoms with Gasteiger partial charge in [0.15, 0.2) is 0 Å². The lowest BCUT2D eigenvalue weighted by molar-refractivity contribution is -0.139. The first-order chi connectivity index (χ1) is 15.5. The smallest absolute Gasteiger partial charge is 0.243 e. The van der Waals surface area contributed by atoms with Crippen molar-refractivity contribution in [2.75, 3.05) is 26.7 Å². The highest BCUT2D eigenvalue weighted by atomic mass is 32.2. The molecule has 2 aromatic carbocycles. The number of sulfonamides is 1. The van der Waals surface area contributed by atoms with Crippen LogP contribution in [0.1, 0.15) is 31.9 Å². The van der Waals surface area contributed by atoms with E-state index in [9.17, 15) is 18.0 Å². The average molecular weight is 474 g/mol. The van der Waals surface area contributed by atoms with E-state index in [-0.39, 0.29) is 23.3 Å².